The highest BCUT2D eigenvalue weighted by Gasteiger charge is 2.52. The molecule has 3 fully saturated rings. The second-order valence-corrected chi connectivity index (χ2v) is 5.41. The topological polar surface area (TPSA) is 49.4 Å². The molecule has 2 aliphatic carbocycles. The second kappa shape index (κ2) is 3.47. The Balaban J connectivity index is 1.83. The van der Waals surface area contributed by atoms with Crippen molar-refractivity contribution >= 4 is 11.9 Å². The van der Waals surface area contributed by atoms with Crippen LogP contribution in [0.4, 0.5) is 4.79 Å². The summed E-state index contributed by atoms with van der Waals surface area (Å²) in [6.45, 7) is 0.563. The van der Waals surface area contributed by atoms with Gasteiger partial charge in [-0.05, 0) is 25.7 Å². The minimum atomic E-state index is -0.226. The van der Waals surface area contributed by atoms with E-state index >= 15 is 0 Å². The van der Waals surface area contributed by atoms with E-state index in [1.807, 2.05) is 0 Å². The molecule has 1 spiro atoms. The predicted octanol–water partition coefficient (Wildman–Crippen LogP) is 1.65. The molecule has 3 rings (SSSR count). The first-order valence-corrected chi connectivity index (χ1v) is 6.34. The molecule has 0 aromatic rings. The van der Waals surface area contributed by atoms with Crippen LogP contribution in [0.2, 0.25) is 0 Å². The van der Waals surface area contributed by atoms with Crippen LogP contribution < -0.4 is 5.32 Å². The molecule has 1 N–H and O–H groups in total. The highest BCUT2D eigenvalue weighted by molar-refractivity contribution is 6.01. The molecule has 3 aliphatic rings. The number of carbonyl (C=O) groups excluding carboxylic acids is 2. The van der Waals surface area contributed by atoms with Crippen molar-refractivity contribution in [3.05, 3.63) is 0 Å². The summed E-state index contributed by atoms with van der Waals surface area (Å²) >= 11 is 0. The van der Waals surface area contributed by atoms with Crippen LogP contribution in [-0.2, 0) is 4.79 Å². The average Bonchev–Trinajstić information content (AvgIpc) is 2.69. The van der Waals surface area contributed by atoms with E-state index in [2.05, 4.69) is 5.32 Å². The Morgan fingerprint density at radius 3 is 2.38 bits per heavy atom. The van der Waals surface area contributed by atoms with Crippen molar-refractivity contribution in [1.82, 2.24) is 10.2 Å². The first-order chi connectivity index (χ1) is 7.73. The molecule has 0 radical (unpaired) electrons. The van der Waals surface area contributed by atoms with Gasteiger partial charge in [-0.25, -0.2) is 4.79 Å². The molecular formula is C12H18N2O2. The molecule has 0 unspecified atom stereocenters. The molecule has 1 aliphatic heterocycles. The zero-order chi connectivity index (χ0) is 11.2. The van der Waals surface area contributed by atoms with Crippen molar-refractivity contribution in [3.8, 4) is 0 Å². The van der Waals surface area contributed by atoms with Gasteiger partial charge in [0, 0.05) is 12.6 Å². The van der Waals surface area contributed by atoms with E-state index in [0.717, 1.165) is 44.9 Å². The fourth-order valence-corrected chi connectivity index (χ4v) is 3.24. The van der Waals surface area contributed by atoms with E-state index in [0.29, 0.717) is 6.54 Å². The molecule has 1 heterocycles. The van der Waals surface area contributed by atoms with E-state index < -0.39 is 0 Å². The molecule has 0 atom stereocenters. The SMILES string of the molecule is O=C1NCC2(CCC2)C(=O)N1C1CCCC1. The molecule has 4 nitrogen and oxygen atoms in total. The van der Waals surface area contributed by atoms with Crippen LogP contribution in [0.3, 0.4) is 0 Å². The third-order valence-electron chi connectivity index (χ3n) is 4.47. The van der Waals surface area contributed by atoms with Crippen LogP contribution in [0.25, 0.3) is 0 Å². The van der Waals surface area contributed by atoms with Gasteiger partial charge in [0.1, 0.15) is 0 Å². The Kier molecular flexibility index (Phi) is 2.19. The van der Waals surface area contributed by atoms with E-state index in [1.165, 1.54) is 4.90 Å². The maximum Gasteiger partial charge on any atom is 0.324 e. The van der Waals surface area contributed by atoms with Gasteiger partial charge in [-0.15, -0.1) is 0 Å². The zero-order valence-electron chi connectivity index (χ0n) is 9.50. The molecule has 4 heteroatoms. The van der Waals surface area contributed by atoms with Crippen molar-refractivity contribution in [2.24, 2.45) is 5.41 Å². The van der Waals surface area contributed by atoms with Gasteiger partial charge >= 0.3 is 6.03 Å². The van der Waals surface area contributed by atoms with Gasteiger partial charge in [0.25, 0.3) is 0 Å². The minimum absolute atomic E-state index is 0.106. The molecular weight excluding hydrogens is 204 g/mol. The summed E-state index contributed by atoms with van der Waals surface area (Å²) in [6.07, 6.45) is 7.32. The van der Waals surface area contributed by atoms with Gasteiger partial charge < -0.3 is 5.32 Å². The lowest BCUT2D eigenvalue weighted by atomic mass is 9.66. The lowest BCUT2D eigenvalue weighted by molar-refractivity contribution is -0.148. The summed E-state index contributed by atoms with van der Waals surface area (Å²) in [5.74, 6) is 0.106. The normalized spacial score (nSPS) is 29.4. The lowest BCUT2D eigenvalue weighted by Crippen LogP contribution is -2.64. The largest absolute Gasteiger partial charge is 0.337 e. The third kappa shape index (κ3) is 1.28. The number of imide groups is 1. The summed E-state index contributed by atoms with van der Waals surface area (Å²) < 4.78 is 0. The molecule has 3 amide bonds. The van der Waals surface area contributed by atoms with Gasteiger partial charge in [-0.3, -0.25) is 9.69 Å². The second-order valence-electron chi connectivity index (χ2n) is 5.41. The number of hydrogen-bond acceptors (Lipinski definition) is 2. The van der Waals surface area contributed by atoms with Gasteiger partial charge in [0.15, 0.2) is 0 Å². The van der Waals surface area contributed by atoms with Crippen molar-refractivity contribution in [2.45, 2.75) is 51.0 Å². The third-order valence-corrected chi connectivity index (χ3v) is 4.47. The molecule has 1 saturated heterocycles. The van der Waals surface area contributed by atoms with Crippen molar-refractivity contribution in [1.29, 1.82) is 0 Å². The fourth-order valence-electron chi connectivity index (χ4n) is 3.24. The van der Waals surface area contributed by atoms with Crippen LogP contribution >= 0.6 is 0 Å². The van der Waals surface area contributed by atoms with Gasteiger partial charge in [0.2, 0.25) is 5.91 Å². The highest BCUT2D eigenvalue weighted by atomic mass is 16.2. The zero-order valence-corrected chi connectivity index (χ0v) is 9.50. The summed E-state index contributed by atoms with van der Waals surface area (Å²) in [4.78, 5) is 25.7. The molecule has 0 aromatic heterocycles. The highest BCUT2D eigenvalue weighted by Crippen LogP contribution is 2.44. The number of nitrogens with zero attached hydrogens (tertiary/aromatic N) is 1. The Bertz CT molecular complexity index is 330. The van der Waals surface area contributed by atoms with Crippen LogP contribution in [0, 0.1) is 5.41 Å². The Morgan fingerprint density at radius 2 is 1.81 bits per heavy atom. The lowest BCUT2D eigenvalue weighted by Gasteiger charge is -2.48. The van der Waals surface area contributed by atoms with Crippen LogP contribution in [0.1, 0.15) is 44.9 Å². The maximum atomic E-state index is 12.4. The van der Waals surface area contributed by atoms with Gasteiger partial charge in [0.05, 0.1) is 5.41 Å². The number of carbonyl (C=O) groups is 2. The molecule has 88 valence electrons. The van der Waals surface area contributed by atoms with E-state index in [4.69, 9.17) is 0 Å². The molecule has 0 bridgehead atoms. The van der Waals surface area contributed by atoms with Gasteiger partial charge in [-0.1, -0.05) is 19.3 Å². The standard InChI is InChI=1S/C12H18N2O2/c15-10-12(6-3-7-12)8-13-11(16)14(10)9-4-1-2-5-9/h9H,1-8H2,(H,13,16). The summed E-state index contributed by atoms with van der Waals surface area (Å²) in [5, 5.41) is 2.90. The minimum Gasteiger partial charge on any atom is -0.337 e. The fraction of sp³-hybridized carbons (Fsp3) is 0.833. The number of nitrogens with one attached hydrogen (secondary N) is 1. The monoisotopic (exact) mass is 222 g/mol. The number of rotatable bonds is 1. The van der Waals surface area contributed by atoms with E-state index in [1.54, 1.807) is 0 Å². The average molecular weight is 222 g/mol. The predicted molar refractivity (Wildman–Crippen MR) is 58.8 cm³/mol. The summed E-state index contributed by atoms with van der Waals surface area (Å²) in [7, 11) is 0. The first kappa shape index (κ1) is 10.1. The quantitative estimate of drug-likeness (QED) is 0.733. The van der Waals surface area contributed by atoms with Crippen molar-refractivity contribution in [3.63, 3.8) is 0 Å². The maximum absolute atomic E-state index is 12.4. The van der Waals surface area contributed by atoms with Crippen LogP contribution in [0.5, 0.6) is 0 Å². The van der Waals surface area contributed by atoms with Gasteiger partial charge in [-0.2, -0.15) is 0 Å². The van der Waals surface area contributed by atoms with E-state index in [-0.39, 0.29) is 23.4 Å². The Morgan fingerprint density at radius 1 is 1.12 bits per heavy atom. The molecule has 16 heavy (non-hydrogen) atoms. The molecule has 0 aromatic carbocycles. The Labute approximate surface area is 95.4 Å². The van der Waals surface area contributed by atoms with Crippen molar-refractivity contribution in [2.75, 3.05) is 6.54 Å². The first-order valence-electron chi connectivity index (χ1n) is 6.34. The summed E-state index contributed by atoms with van der Waals surface area (Å²) in [6, 6.07) is 0.0136. The smallest absolute Gasteiger partial charge is 0.324 e. The van der Waals surface area contributed by atoms with Crippen molar-refractivity contribution < 1.29 is 9.59 Å². The number of amides is 3. The van der Waals surface area contributed by atoms with E-state index in [9.17, 15) is 9.59 Å². The Hall–Kier alpha value is -1.06. The number of urea groups is 1. The van der Waals surface area contributed by atoms with Crippen LogP contribution in [0.15, 0.2) is 0 Å². The molecule has 2 saturated carbocycles. The number of hydrogen-bond donors (Lipinski definition) is 1. The van der Waals surface area contributed by atoms with Crippen LogP contribution in [-0.4, -0.2) is 29.4 Å². The summed E-state index contributed by atoms with van der Waals surface area (Å²) in [5.41, 5.74) is -0.226.